The van der Waals surface area contributed by atoms with Gasteiger partial charge in [0, 0.05) is 18.7 Å². The molecule has 10 heteroatoms. The molecule has 0 saturated carbocycles. The Bertz CT molecular complexity index is 917. The van der Waals surface area contributed by atoms with E-state index < -0.39 is 0 Å². The van der Waals surface area contributed by atoms with Gasteiger partial charge in [-0.05, 0) is 36.6 Å². The van der Waals surface area contributed by atoms with Gasteiger partial charge in [0.25, 0.3) is 5.91 Å². The molecule has 0 bridgehead atoms. The molecule has 2 aliphatic rings. The summed E-state index contributed by atoms with van der Waals surface area (Å²) in [5.41, 5.74) is 0.842. The molecule has 0 aromatic heterocycles. The molecule has 1 aromatic rings. The maximum Gasteiger partial charge on any atom is 0.266 e. The van der Waals surface area contributed by atoms with E-state index in [1.54, 1.807) is 36.9 Å². The second kappa shape index (κ2) is 11.5. The number of amidine groups is 1. The van der Waals surface area contributed by atoms with Crippen LogP contribution in [0.1, 0.15) is 31.2 Å². The van der Waals surface area contributed by atoms with E-state index >= 15 is 0 Å². The maximum absolute atomic E-state index is 12.8. The van der Waals surface area contributed by atoms with E-state index in [9.17, 15) is 9.59 Å². The first kappa shape index (κ1) is 23.6. The van der Waals surface area contributed by atoms with Gasteiger partial charge in [-0.15, -0.1) is 0 Å². The number of nitrogens with zero attached hydrogens (tertiary/aromatic N) is 2. The van der Waals surface area contributed by atoms with Gasteiger partial charge in [0.05, 0.1) is 25.7 Å². The second-order valence-corrected chi connectivity index (χ2v) is 9.60. The van der Waals surface area contributed by atoms with Gasteiger partial charge in [-0.2, -0.15) is 0 Å². The number of carbonyl (C=O) groups is 2. The highest BCUT2D eigenvalue weighted by atomic mass is 32.2. The van der Waals surface area contributed by atoms with Gasteiger partial charge in [0.1, 0.15) is 4.32 Å². The Labute approximate surface area is 196 Å². The molecule has 3 rings (SSSR count). The number of rotatable bonds is 9. The topological polar surface area (TPSA) is 80.2 Å². The first-order valence-electron chi connectivity index (χ1n) is 9.96. The zero-order chi connectivity index (χ0) is 22.2. The first-order chi connectivity index (χ1) is 15.0. The van der Waals surface area contributed by atoms with Crippen LogP contribution < -0.4 is 14.8 Å². The number of aliphatic imine (C=N–C) groups is 1. The average molecular weight is 480 g/mol. The van der Waals surface area contributed by atoms with Crippen LogP contribution in [0, 0.1) is 0 Å². The van der Waals surface area contributed by atoms with Crippen LogP contribution in [0.15, 0.2) is 28.1 Å². The van der Waals surface area contributed by atoms with Crippen molar-refractivity contribution >= 4 is 63.1 Å². The van der Waals surface area contributed by atoms with E-state index in [0.29, 0.717) is 33.7 Å². The lowest BCUT2D eigenvalue weighted by atomic mass is 10.1. The lowest BCUT2D eigenvalue weighted by Crippen LogP contribution is -2.29. The Hall–Kier alpha value is -2.04. The maximum atomic E-state index is 12.8. The number of carbonyl (C=O) groups excluding carboxylic acids is 2. The van der Waals surface area contributed by atoms with Crippen molar-refractivity contribution in [2.75, 3.05) is 33.1 Å². The van der Waals surface area contributed by atoms with E-state index in [1.165, 1.54) is 11.8 Å². The summed E-state index contributed by atoms with van der Waals surface area (Å²) in [4.78, 5) is 31.1. The molecular weight excluding hydrogens is 454 g/mol. The molecule has 1 aromatic carbocycles. The normalized spacial score (nSPS) is 17.3. The van der Waals surface area contributed by atoms with Crippen molar-refractivity contribution in [2.45, 2.75) is 25.7 Å². The minimum atomic E-state index is -0.0844. The molecule has 2 heterocycles. The van der Waals surface area contributed by atoms with Crippen molar-refractivity contribution in [3.63, 3.8) is 0 Å². The number of thiocarbonyl (C=S) groups is 1. The molecule has 1 fully saturated rings. The molecular formula is C21H25N3O4S3. The van der Waals surface area contributed by atoms with E-state index in [4.69, 9.17) is 21.7 Å². The fourth-order valence-electron chi connectivity index (χ4n) is 3.11. The highest BCUT2D eigenvalue weighted by Crippen LogP contribution is 2.34. The van der Waals surface area contributed by atoms with Gasteiger partial charge < -0.3 is 14.8 Å². The molecule has 0 atom stereocenters. The zero-order valence-electron chi connectivity index (χ0n) is 17.5. The number of nitrogens with one attached hydrogen (secondary N) is 1. The Morgan fingerprint density at radius 2 is 2.06 bits per heavy atom. The number of benzene rings is 1. The summed E-state index contributed by atoms with van der Waals surface area (Å²) in [6, 6.07) is 5.50. The number of ether oxygens (including phenoxy) is 2. The number of amides is 2. The third-order valence-electron chi connectivity index (χ3n) is 4.70. The number of hydrogen-bond acceptors (Lipinski definition) is 8. The number of thioether (sulfide) groups is 2. The molecule has 31 heavy (non-hydrogen) atoms. The second-order valence-electron chi connectivity index (χ2n) is 6.84. The van der Waals surface area contributed by atoms with E-state index in [0.717, 1.165) is 42.3 Å². The standard InChI is InChI=1S/C21H25N3O4S3/c1-27-15-8-7-14(12-16(15)28-2)13-17-19(26)24(21(29)31-17)10-5-3-4-6-18(25)23-20-22-9-11-30-20/h7-8,12-13H,3-6,9-11H2,1-2H3,(H,22,23,25)/b17-13-. The smallest absolute Gasteiger partial charge is 0.266 e. The predicted octanol–water partition coefficient (Wildman–Crippen LogP) is 3.68. The van der Waals surface area contributed by atoms with Crippen LogP contribution in [0.3, 0.4) is 0 Å². The quantitative estimate of drug-likeness (QED) is 0.329. The summed E-state index contributed by atoms with van der Waals surface area (Å²) < 4.78 is 11.1. The number of methoxy groups -OCH3 is 2. The molecule has 0 aliphatic carbocycles. The van der Waals surface area contributed by atoms with Crippen LogP contribution in [-0.4, -0.2) is 59.3 Å². The molecule has 2 amide bonds. The zero-order valence-corrected chi connectivity index (χ0v) is 20.0. The van der Waals surface area contributed by atoms with E-state index in [-0.39, 0.29) is 11.8 Å². The Morgan fingerprint density at radius 3 is 2.77 bits per heavy atom. The van der Waals surface area contributed by atoms with Crippen LogP contribution in [0.25, 0.3) is 6.08 Å². The average Bonchev–Trinajstić information content (AvgIpc) is 3.36. The van der Waals surface area contributed by atoms with Crippen molar-refractivity contribution in [3.05, 3.63) is 28.7 Å². The molecule has 166 valence electrons. The fourth-order valence-corrected chi connectivity index (χ4v) is 5.16. The first-order valence-corrected chi connectivity index (χ1v) is 12.2. The van der Waals surface area contributed by atoms with Crippen molar-refractivity contribution < 1.29 is 19.1 Å². The van der Waals surface area contributed by atoms with Gasteiger partial charge in [-0.1, -0.05) is 48.2 Å². The van der Waals surface area contributed by atoms with Crippen molar-refractivity contribution in [1.29, 1.82) is 0 Å². The molecule has 2 aliphatic heterocycles. The van der Waals surface area contributed by atoms with E-state index in [2.05, 4.69) is 10.3 Å². The van der Waals surface area contributed by atoms with Gasteiger partial charge in [0.2, 0.25) is 5.91 Å². The Kier molecular flexibility index (Phi) is 8.79. The van der Waals surface area contributed by atoms with Gasteiger partial charge in [-0.3, -0.25) is 19.5 Å². The molecule has 1 saturated heterocycles. The third-order valence-corrected chi connectivity index (χ3v) is 6.97. The Morgan fingerprint density at radius 1 is 1.26 bits per heavy atom. The van der Waals surface area contributed by atoms with Gasteiger partial charge >= 0.3 is 0 Å². The van der Waals surface area contributed by atoms with Crippen molar-refractivity contribution in [1.82, 2.24) is 10.2 Å². The summed E-state index contributed by atoms with van der Waals surface area (Å²) >= 11 is 8.28. The van der Waals surface area contributed by atoms with Crippen LogP contribution in [-0.2, 0) is 9.59 Å². The van der Waals surface area contributed by atoms with Crippen LogP contribution in [0.5, 0.6) is 11.5 Å². The summed E-state index contributed by atoms with van der Waals surface area (Å²) in [5, 5.41) is 3.56. The molecule has 0 radical (unpaired) electrons. The molecule has 0 spiro atoms. The van der Waals surface area contributed by atoms with Crippen LogP contribution in [0.2, 0.25) is 0 Å². The van der Waals surface area contributed by atoms with Crippen LogP contribution >= 0.6 is 35.7 Å². The summed E-state index contributed by atoms with van der Waals surface area (Å²) in [5.74, 6) is 2.08. The predicted molar refractivity (Wildman–Crippen MR) is 131 cm³/mol. The Balaban J connectivity index is 1.46. The highest BCUT2D eigenvalue weighted by Gasteiger charge is 2.31. The van der Waals surface area contributed by atoms with Gasteiger partial charge in [0.15, 0.2) is 16.7 Å². The summed E-state index contributed by atoms with van der Waals surface area (Å²) in [6.07, 6.45) is 4.67. The monoisotopic (exact) mass is 479 g/mol. The highest BCUT2D eigenvalue weighted by molar-refractivity contribution is 8.26. The van der Waals surface area contributed by atoms with Crippen molar-refractivity contribution in [2.24, 2.45) is 4.99 Å². The van der Waals surface area contributed by atoms with Gasteiger partial charge in [-0.25, -0.2) is 0 Å². The lowest BCUT2D eigenvalue weighted by molar-refractivity contribution is -0.122. The van der Waals surface area contributed by atoms with Crippen molar-refractivity contribution in [3.8, 4) is 11.5 Å². The largest absolute Gasteiger partial charge is 0.493 e. The SMILES string of the molecule is COc1ccc(/C=C2\SC(=S)N(CCCCCC(=O)NC3=NCCS3)C2=O)cc1OC. The van der Waals surface area contributed by atoms with Crippen LogP contribution in [0.4, 0.5) is 0 Å². The number of unbranched alkanes of at least 4 members (excludes halogenated alkanes) is 2. The molecule has 7 nitrogen and oxygen atoms in total. The fraction of sp³-hybridized carbons (Fsp3) is 0.429. The molecule has 1 N–H and O–H groups in total. The minimum absolute atomic E-state index is 0.00313. The number of hydrogen-bond donors (Lipinski definition) is 1. The third kappa shape index (κ3) is 6.47. The summed E-state index contributed by atoms with van der Waals surface area (Å²) in [6.45, 7) is 1.32. The lowest BCUT2D eigenvalue weighted by Gasteiger charge is -2.14. The van der Waals surface area contributed by atoms with E-state index in [1.807, 2.05) is 18.2 Å². The summed E-state index contributed by atoms with van der Waals surface area (Å²) in [7, 11) is 3.16. The molecule has 0 unspecified atom stereocenters. The minimum Gasteiger partial charge on any atom is -0.493 e.